The fourth-order valence-corrected chi connectivity index (χ4v) is 4.31. The lowest BCUT2D eigenvalue weighted by Gasteiger charge is -2.33. The van der Waals surface area contributed by atoms with Gasteiger partial charge < -0.3 is 20.9 Å². The number of rotatable bonds is 6. The van der Waals surface area contributed by atoms with Crippen LogP contribution in [0, 0.1) is 17.8 Å². The smallest absolute Gasteiger partial charge is 0.369 e. The summed E-state index contributed by atoms with van der Waals surface area (Å²) in [6.45, 7) is 0.985. The van der Waals surface area contributed by atoms with E-state index in [1.807, 2.05) is 0 Å². The van der Waals surface area contributed by atoms with Crippen molar-refractivity contribution in [3.8, 4) is 0 Å². The van der Waals surface area contributed by atoms with E-state index in [4.69, 9.17) is 5.73 Å². The van der Waals surface area contributed by atoms with E-state index in [1.165, 1.54) is 6.07 Å². The van der Waals surface area contributed by atoms with E-state index in [1.54, 1.807) is 40.1 Å². The number of amides is 2. The summed E-state index contributed by atoms with van der Waals surface area (Å²) in [5, 5.41) is 2.93. The predicted octanol–water partition coefficient (Wildman–Crippen LogP) is 3.58. The van der Waals surface area contributed by atoms with Crippen LogP contribution in [0.15, 0.2) is 36.4 Å². The molecule has 7 nitrogen and oxygen atoms in total. The molecule has 0 radical (unpaired) electrons. The van der Waals surface area contributed by atoms with Crippen LogP contribution in [0.1, 0.15) is 24.8 Å². The molecule has 3 N–H and O–H groups in total. The first kappa shape index (κ1) is 23.8. The molecule has 2 amide bonds. The number of benzene rings is 1. The average molecular weight is 479 g/mol. The highest BCUT2D eigenvalue weighted by Crippen LogP contribution is 2.35. The van der Waals surface area contributed by atoms with Gasteiger partial charge in [-0.3, -0.25) is 9.59 Å². The number of alkyl halides is 3. The van der Waals surface area contributed by atoms with E-state index >= 15 is 0 Å². The molecular weight excluding hydrogens is 454 g/mol. The molecule has 11 heteroatoms. The Morgan fingerprint density at radius 3 is 2.35 bits per heavy atom. The Balaban J connectivity index is 1.34. The lowest BCUT2D eigenvalue weighted by molar-refractivity contribution is -0.179. The molecular formula is C23H25F4N5O2. The Bertz CT molecular complexity index is 1050. The molecule has 3 heterocycles. The standard InChI is InChI=1S/C23H25F4N5O2/c24-21-18(5-6-19(30-21)31-9-7-16(8-10-31)23(25,26)27)29-17-3-1-14(2-4-17)12-32-13-15(22(28)34)11-20(32)33/h1-6,15-16,29H,7-13H2,(H2,28,34). The van der Waals surface area contributed by atoms with Gasteiger partial charge in [-0.05, 0) is 42.7 Å². The van der Waals surface area contributed by atoms with E-state index < -0.39 is 29.9 Å². The molecule has 2 fully saturated rings. The number of anilines is 3. The second-order valence-corrected chi connectivity index (χ2v) is 8.71. The molecule has 2 aromatic rings. The molecule has 34 heavy (non-hydrogen) atoms. The van der Waals surface area contributed by atoms with Gasteiger partial charge in [0.15, 0.2) is 0 Å². The Kier molecular flexibility index (Phi) is 6.63. The van der Waals surface area contributed by atoms with Gasteiger partial charge in [0.2, 0.25) is 17.8 Å². The second kappa shape index (κ2) is 9.47. The number of nitrogens with one attached hydrogen (secondary N) is 1. The molecule has 0 spiro atoms. The van der Waals surface area contributed by atoms with Crippen molar-refractivity contribution < 1.29 is 27.2 Å². The number of primary amides is 1. The fourth-order valence-electron chi connectivity index (χ4n) is 4.31. The van der Waals surface area contributed by atoms with Crippen LogP contribution < -0.4 is 16.0 Å². The summed E-state index contributed by atoms with van der Waals surface area (Å²) < 4.78 is 53.1. The quantitative estimate of drug-likeness (QED) is 0.488. The lowest BCUT2D eigenvalue weighted by atomic mass is 9.96. The zero-order valence-corrected chi connectivity index (χ0v) is 18.3. The Morgan fingerprint density at radius 2 is 1.79 bits per heavy atom. The third-order valence-corrected chi connectivity index (χ3v) is 6.34. The van der Waals surface area contributed by atoms with Crippen LogP contribution in [0.5, 0.6) is 0 Å². The van der Waals surface area contributed by atoms with Crippen LogP contribution in [0.3, 0.4) is 0 Å². The van der Waals surface area contributed by atoms with Gasteiger partial charge in [0, 0.05) is 38.3 Å². The van der Waals surface area contributed by atoms with E-state index in [0.717, 1.165) is 5.56 Å². The molecule has 1 unspecified atom stereocenters. The SMILES string of the molecule is NC(=O)C1CC(=O)N(Cc2ccc(Nc3ccc(N4CCC(C(F)(F)F)CC4)nc3F)cc2)C1. The highest BCUT2D eigenvalue weighted by atomic mass is 19.4. The van der Waals surface area contributed by atoms with Crippen molar-refractivity contribution in [3.05, 3.63) is 47.9 Å². The van der Waals surface area contributed by atoms with E-state index in [9.17, 15) is 27.2 Å². The minimum absolute atomic E-state index is 0.0363. The number of piperidine rings is 1. The van der Waals surface area contributed by atoms with Gasteiger partial charge in [-0.1, -0.05) is 12.1 Å². The molecule has 4 rings (SSSR count). The zero-order chi connectivity index (χ0) is 24.5. The number of nitrogens with zero attached hydrogens (tertiary/aromatic N) is 3. The van der Waals surface area contributed by atoms with Gasteiger partial charge in [0.05, 0.1) is 17.5 Å². The van der Waals surface area contributed by atoms with Crippen LogP contribution in [-0.4, -0.2) is 47.5 Å². The van der Waals surface area contributed by atoms with E-state index in [-0.39, 0.29) is 43.9 Å². The summed E-state index contributed by atoms with van der Waals surface area (Å²) in [6.07, 6.45) is -4.15. The van der Waals surface area contributed by atoms with Crippen molar-refractivity contribution >= 4 is 29.0 Å². The zero-order valence-electron chi connectivity index (χ0n) is 18.3. The monoisotopic (exact) mass is 479 g/mol. The lowest BCUT2D eigenvalue weighted by Crippen LogP contribution is -2.39. The molecule has 0 bridgehead atoms. The number of hydrogen-bond acceptors (Lipinski definition) is 5. The fraction of sp³-hybridized carbons (Fsp3) is 0.435. The summed E-state index contributed by atoms with van der Waals surface area (Å²) in [6, 6.07) is 10.1. The molecule has 2 saturated heterocycles. The maximum atomic E-state index is 14.6. The number of nitrogens with two attached hydrogens (primary N) is 1. The van der Waals surface area contributed by atoms with Crippen molar-refractivity contribution in [2.75, 3.05) is 29.9 Å². The molecule has 0 saturated carbocycles. The summed E-state index contributed by atoms with van der Waals surface area (Å²) in [5.41, 5.74) is 6.88. The predicted molar refractivity (Wildman–Crippen MR) is 118 cm³/mol. The number of carbonyl (C=O) groups excluding carboxylic acids is 2. The summed E-state index contributed by atoms with van der Waals surface area (Å²) in [4.78, 5) is 30.5. The number of aromatic nitrogens is 1. The Morgan fingerprint density at radius 1 is 1.12 bits per heavy atom. The van der Waals surface area contributed by atoms with E-state index in [2.05, 4.69) is 10.3 Å². The van der Waals surface area contributed by atoms with Gasteiger partial charge >= 0.3 is 6.18 Å². The highest BCUT2D eigenvalue weighted by molar-refractivity contribution is 5.88. The van der Waals surface area contributed by atoms with Crippen LogP contribution in [0.25, 0.3) is 0 Å². The largest absolute Gasteiger partial charge is 0.391 e. The maximum Gasteiger partial charge on any atom is 0.391 e. The molecule has 2 aliphatic rings. The first-order chi connectivity index (χ1) is 16.1. The van der Waals surface area contributed by atoms with Gasteiger partial charge in [0.25, 0.3) is 0 Å². The molecule has 1 atom stereocenters. The second-order valence-electron chi connectivity index (χ2n) is 8.71. The summed E-state index contributed by atoms with van der Waals surface area (Å²) >= 11 is 0. The van der Waals surface area contributed by atoms with Crippen molar-refractivity contribution in [1.82, 2.24) is 9.88 Å². The van der Waals surface area contributed by atoms with Gasteiger partial charge in [-0.25, -0.2) is 4.98 Å². The van der Waals surface area contributed by atoms with Crippen LogP contribution in [0.2, 0.25) is 0 Å². The highest BCUT2D eigenvalue weighted by Gasteiger charge is 2.41. The molecule has 1 aromatic heterocycles. The first-order valence-electron chi connectivity index (χ1n) is 11.0. The van der Waals surface area contributed by atoms with Crippen LogP contribution in [-0.2, 0) is 16.1 Å². The third kappa shape index (κ3) is 5.40. The Labute approximate surface area is 193 Å². The topological polar surface area (TPSA) is 91.6 Å². The number of carbonyl (C=O) groups is 2. The number of likely N-dealkylation sites (tertiary alicyclic amines) is 1. The minimum atomic E-state index is -4.20. The average Bonchev–Trinajstić information content (AvgIpc) is 3.16. The Hall–Kier alpha value is -3.37. The first-order valence-corrected chi connectivity index (χ1v) is 11.0. The molecule has 1 aromatic carbocycles. The van der Waals surface area contributed by atoms with Crippen molar-refractivity contribution in [2.45, 2.75) is 32.0 Å². The molecule has 0 aliphatic carbocycles. The minimum Gasteiger partial charge on any atom is -0.369 e. The maximum absolute atomic E-state index is 14.6. The molecule has 182 valence electrons. The van der Waals surface area contributed by atoms with E-state index in [0.29, 0.717) is 24.6 Å². The number of hydrogen-bond donors (Lipinski definition) is 2. The molecule has 2 aliphatic heterocycles. The van der Waals surface area contributed by atoms with Gasteiger partial charge in [0.1, 0.15) is 5.82 Å². The summed E-state index contributed by atoms with van der Waals surface area (Å²) in [7, 11) is 0. The normalized spacial score (nSPS) is 19.5. The van der Waals surface area contributed by atoms with Gasteiger partial charge in [-0.2, -0.15) is 17.6 Å². The summed E-state index contributed by atoms with van der Waals surface area (Å²) in [5.74, 6) is -2.85. The van der Waals surface area contributed by atoms with Crippen LogP contribution >= 0.6 is 0 Å². The number of pyridine rings is 1. The number of halogens is 4. The van der Waals surface area contributed by atoms with Crippen molar-refractivity contribution in [2.24, 2.45) is 17.6 Å². The van der Waals surface area contributed by atoms with Crippen LogP contribution in [0.4, 0.5) is 34.8 Å². The van der Waals surface area contributed by atoms with Gasteiger partial charge in [-0.15, -0.1) is 0 Å². The van der Waals surface area contributed by atoms with Crippen molar-refractivity contribution in [1.29, 1.82) is 0 Å². The van der Waals surface area contributed by atoms with Crippen molar-refractivity contribution in [3.63, 3.8) is 0 Å². The third-order valence-electron chi connectivity index (χ3n) is 6.34.